The van der Waals surface area contributed by atoms with Gasteiger partial charge in [0.2, 0.25) is 0 Å². The van der Waals surface area contributed by atoms with Crippen molar-refractivity contribution < 1.29 is 4.79 Å². The van der Waals surface area contributed by atoms with Gasteiger partial charge >= 0.3 is 0 Å². The van der Waals surface area contributed by atoms with Crippen molar-refractivity contribution in [1.82, 2.24) is 20.1 Å². The summed E-state index contributed by atoms with van der Waals surface area (Å²) < 4.78 is 2.92. The number of nitrogens with one attached hydrogen (secondary N) is 1. The molecule has 0 saturated heterocycles. The molecule has 0 bridgehead atoms. The van der Waals surface area contributed by atoms with E-state index in [2.05, 4.69) is 40.2 Å². The van der Waals surface area contributed by atoms with Crippen molar-refractivity contribution in [3.63, 3.8) is 0 Å². The molecule has 0 aliphatic heterocycles. The zero-order chi connectivity index (χ0) is 19.1. The summed E-state index contributed by atoms with van der Waals surface area (Å²) in [5.74, 6) is 0.392. The molecule has 0 radical (unpaired) electrons. The van der Waals surface area contributed by atoms with Gasteiger partial charge in [-0.2, -0.15) is 5.10 Å². The Morgan fingerprint density at radius 2 is 1.93 bits per heavy atom. The fraction of sp³-hybridized carbons (Fsp3) is 0.381. The predicted octanol–water partition coefficient (Wildman–Crippen LogP) is 5.14. The molecule has 6 heteroatoms. The first-order valence-electron chi connectivity index (χ1n) is 9.38. The van der Waals surface area contributed by atoms with Crippen LogP contribution in [0, 0.1) is 0 Å². The number of fused-ring (bicyclic) bond motifs is 1. The number of pyridine rings is 1. The van der Waals surface area contributed by atoms with E-state index in [-0.39, 0.29) is 18.0 Å². The van der Waals surface area contributed by atoms with Crippen LogP contribution in [0.2, 0.25) is 0 Å². The van der Waals surface area contributed by atoms with Crippen LogP contribution in [0.4, 0.5) is 0 Å². The highest BCUT2D eigenvalue weighted by atomic mass is 79.9. The lowest BCUT2D eigenvalue weighted by atomic mass is 10.1. The lowest BCUT2D eigenvalue weighted by Gasteiger charge is -2.16. The second-order valence-corrected chi connectivity index (χ2v) is 8.45. The molecule has 27 heavy (non-hydrogen) atoms. The predicted molar refractivity (Wildman–Crippen MR) is 110 cm³/mol. The number of amides is 1. The van der Waals surface area contributed by atoms with E-state index in [1.807, 2.05) is 41.9 Å². The van der Waals surface area contributed by atoms with Crippen LogP contribution in [0.3, 0.4) is 0 Å². The number of hydrogen-bond acceptors (Lipinski definition) is 3. The molecule has 4 rings (SSSR count). The fourth-order valence-corrected chi connectivity index (χ4v) is 3.56. The quantitative estimate of drug-likeness (QED) is 0.613. The Labute approximate surface area is 167 Å². The Hall–Kier alpha value is -2.21. The Kier molecular flexibility index (Phi) is 4.76. The molecule has 1 saturated carbocycles. The summed E-state index contributed by atoms with van der Waals surface area (Å²) in [6.45, 7) is 6.15. The summed E-state index contributed by atoms with van der Waals surface area (Å²) in [5, 5.41) is 8.42. The van der Waals surface area contributed by atoms with Gasteiger partial charge in [0.05, 0.1) is 23.2 Å². The van der Waals surface area contributed by atoms with Crippen molar-refractivity contribution in [2.75, 3.05) is 0 Å². The Morgan fingerprint density at radius 1 is 1.22 bits per heavy atom. The Morgan fingerprint density at radius 3 is 2.56 bits per heavy atom. The first kappa shape index (κ1) is 18.2. The molecule has 140 valence electrons. The summed E-state index contributed by atoms with van der Waals surface area (Å²) >= 11 is 3.45. The number of hydrogen-bond donors (Lipinski definition) is 1. The second kappa shape index (κ2) is 7.08. The van der Waals surface area contributed by atoms with E-state index < -0.39 is 0 Å². The smallest absolute Gasteiger partial charge is 0.252 e. The first-order valence-corrected chi connectivity index (χ1v) is 10.2. The lowest BCUT2D eigenvalue weighted by molar-refractivity contribution is 0.0941. The van der Waals surface area contributed by atoms with E-state index >= 15 is 0 Å². The normalized spacial score (nSPS) is 15.3. The van der Waals surface area contributed by atoms with Gasteiger partial charge in [-0.1, -0.05) is 28.1 Å². The molecule has 0 spiro atoms. The molecule has 1 fully saturated rings. The monoisotopic (exact) mass is 426 g/mol. The summed E-state index contributed by atoms with van der Waals surface area (Å²) in [6, 6.07) is 10.1. The van der Waals surface area contributed by atoms with Gasteiger partial charge in [0.15, 0.2) is 5.65 Å². The van der Waals surface area contributed by atoms with Gasteiger partial charge in [-0.15, -0.1) is 0 Å². The highest BCUT2D eigenvalue weighted by Gasteiger charge is 2.28. The van der Waals surface area contributed by atoms with Crippen LogP contribution < -0.4 is 5.32 Å². The first-order chi connectivity index (χ1) is 12.9. The van der Waals surface area contributed by atoms with Crippen LogP contribution in [-0.2, 0) is 0 Å². The van der Waals surface area contributed by atoms with Crippen LogP contribution in [-0.4, -0.2) is 20.7 Å². The summed E-state index contributed by atoms with van der Waals surface area (Å²) in [7, 11) is 0. The van der Waals surface area contributed by atoms with Gasteiger partial charge < -0.3 is 5.32 Å². The van der Waals surface area contributed by atoms with Crippen molar-refractivity contribution in [3.8, 4) is 0 Å². The molecule has 3 aromatic rings. The van der Waals surface area contributed by atoms with Gasteiger partial charge in [0.25, 0.3) is 5.91 Å². The van der Waals surface area contributed by atoms with Gasteiger partial charge in [0.1, 0.15) is 0 Å². The van der Waals surface area contributed by atoms with Gasteiger partial charge in [-0.25, -0.2) is 9.67 Å². The van der Waals surface area contributed by atoms with Crippen molar-refractivity contribution in [1.29, 1.82) is 0 Å². The number of nitrogens with zero attached hydrogens (tertiary/aromatic N) is 3. The van der Waals surface area contributed by atoms with E-state index in [9.17, 15) is 4.79 Å². The maximum Gasteiger partial charge on any atom is 0.252 e. The third-order valence-corrected chi connectivity index (χ3v) is 5.56. The Bertz CT molecular complexity index is 989. The van der Waals surface area contributed by atoms with Crippen LogP contribution in [0.25, 0.3) is 11.0 Å². The third kappa shape index (κ3) is 3.63. The molecule has 1 N–H and O–H groups in total. The minimum absolute atomic E-state index is 0.0805. The lowest BCUT2D eigenvalue weighted by Crippen LogP contribution is -2.27. The van der Waals surface area contributed by atoms with E-state index in [4.69, 9.17) is 4.98 Å². The zero-order valence-corrected chi connectivity index (χ0v) is 17.3. The van der Waals surface area contributed by atoms with Crippen molar-refractivity contribution in [2.45, 2.75) is 51.6 Å². The third-order valence-electron chi connectivity index (χ3n) is 5.03. The number of halogens is 1. The van der Waals surface area contributed by atoms with Crippen molar-refractivity contribution in [3.05, 3.63) is 57.8 Å². The van der Waals surface area contributed by atoms with Crippen LogP contribution in [0.5, 0.6) is 0 Å². The van der Waals surface area contributed by atoms with Gasteiger partial charge in [0, 0.05) is 22.1 Å². The minimum Gasteiger partial charge on any atom is -0.345 e. The molecule has 1 aliphatic rings. The van der Waals surface area contributed by atoms with E-state index in [0.29, 0.717) is 11.5 Å². The van der Waals surface area contributed by atoms with Crippen molar-refractivity contribution >= 4 is 32.9 Å². The molecule has 1 aromatic carbocycles. The molecular weight excluding hydrogens is 404 g/mol. The molecule has 1 unspecified atom stereocenters. The summed E-state index contributed by atoms with van der Waals surface area (Å²) in [5.41, 5.74) is 3.54. The molecule has 1 aliphatic carbocycles. The largest absolute Gasteiger partial charge is 0.345 e. The van der Waals surface area contributed by atoms with Crippen LogP contribution in [0.15, 0.2) is 41.0 Å². The van der Waals surface area contributed by atoms with E-state index in [0.717, 1.165) is 39.6 Å². The highest BCUT2D eigenvalue weighted by molar-refractivity contribution is 9.10. The zero-order valence-electron chi connectivity index (χ0n) is 15.7. The van der Waals surface area contributed by atoms with Gasteiger partial charge in [-0.3, -0.25) is 4.79 Å². The average molecular weight is 427 g/mol. The molecular formula is C21H23BrN4O. The number of carbonyl (C=O) groups is 1. The second-order valence-electron chi connectivity index (χ2n) is 7.54. The number of rotatable bonds is 5. The molecule has 5 nitrogen and oxygen atoms in total. The van der Waals surface area contributed by atoms with Crippen molar-refractivity contribution in [2.24, 2.45) is 0 Å². The maximum absolute atomic E-state index is 13.1. The molecule has 1 atom stereocenters. The molecule has 1 amide bonds. The molecule has 2 heterocycles. The highest BCUT2D eigenvalue weighted by Crippen LogP contribution is 2.40. The van der Waals surface area contributed by atoms with E-state index in [1.54, 1.807) is 6.20 Å². The fourth-order valence-electron chi connectivity index (χ4n) is 3.30. The maximum atomic E-state index is 13.1. The number of aromatic nitrogens is 3. The topological polar surface area (TPSA) is 59.8 Å². The average Bonchev–Trinajstić information content (AvgIpc) is 3.40. The summed E-state index contributed by atoms with van der Waals surface area (Å²) in [6.07, 6.45) is 4.05. The van der Waals surface area contributed by atoms with E-state index in [1.165, 1.54) is 0 Å². The van der Waals surface area contributed by atoms with Crippen LogP contribution in [0.1, 0.15) is 73.2 Å². The summed E-state index contributed by atoms with van der Waals surface area (Å²) in [4.78, 5) is 17.9. The molecule has 2 aromatic heterocycles. The number of carbonyl (C=O) groups excluding carboxylic acids is 1. The SMILES string of the molecule is CC(NC(=O)c1cc(C2CC2)nc2c1cnn2C(C)C)c1ccc(Br)cc1. The Balaban J connectivity index is 1.69. The minimum atomic E-state index is -0.0849. The van der Waals surface area contributed by atoms with Crippen LogP contribution >= 0.6 is 15.9 Å². The van der Waals surface area contributed by atoms with Gasteiger partial charge in [-0.05, 0) is 57.4 Å². The standard InChI is InChI=1S/C21H23BrN4O/c1-12(2)26-20-18(11-23-26)17(10-19(25-20)15-4-5-15)21(27)24-13(3)14-6-8-16(22)9-7-14/h6-13,15H,4-5H2,1-3H3,(H,24,27). The number of benzene rings is 1.